The fourth-order valence-corrected chi connectivity index (χ4v) is 4.87. The van der Waals surface area contributed by atoms with E-state index in [4.69, 9.17) is 9.47 Å². The van der Waals surface area contributed by atoms with Crippen molar-refractivity contribution in [2.75, 3.05) is 7.11 Å². The smallest absolute Gasteiger partial charge is 0.318 e. The molecule has 0 bridgehead atoms. The number of hydrogen-bond acceptors (Lipinski definition) is 3. The summed E-state index contributed by atoms with van der Waals surface area (Å²) in [7, 11) is 1.67. The van der Waals surface area contributed by atoms with Crippen LogP contribution in [0, 0.1) is 5.41 Å². The van der Waals surface area contributed by atoms with Crippen LogP contribution in [0.15, 0.2) is 72.8 Å². The third kappa shape index (κ3) is 2.98. The number of methoxy groups -OCH3 is 1. The van der Waals surface area contributed by atoms with Crippen LogP contribution in [0.5, 0.6) is 11.5 Å². The summed E-state index contributed by atoms with van der Waals surface area (Å²) in [4.78, 5) is 13.1. The topological polar surface area (TPSA) is 35.5 Å². The molecule has 1 saturated carbocycles. The summed E-state index contributed by atoms with van der Waals surface area (Å²) in [5, 5.41) is 4.27. The lowest BCUT2D eigenvalue weighted by molar-refractivity contribution is -0.139. The number of alkyl halides is 1. The van der Waals surface area contributed by atoms with Gasteiger partial charge in [0.1, 0.15) is 11.5 Å². The molecule has 0 amide bonds. The van der Waals surface area contributed by atoms with E-state index in [2.05, 4.69) is 46.3 Å². The van der Waals surface area contributed by atoms with Gasteiger partial charge in [-0.25, -0.2) is 0 Å². The maximum absolute atomic E-state index is 13.0. The third-order valence-electron chi connectivity index (χ3n) is 6.05. The molecule has 0 aliphatic heterocycles. The average Bonchev–Trinajstić information content (AvgIpc) is 3.40. The van der Waals surface area contributed by atoms with E-state index in [-0.39, 0.29) is 10.8 Å². The van der Waals surface area contributed by atoms with Gasteiger partial charge in [0.2, 0.25) is 0 Å². The fraction of sp³-hybridized carbons (Fsp3) is 0.192. The van der Waals surface area contributed by atoms with Crippen LogP contribution in [0.1, 0.15) is 13.3 Å². The molecule has 3 nitrogen and oxygen atoms in total. The minimum Gasteiger partial charge on any atom is -0.496 e. The number of carbonyl (C=O) groups is 1. The van der Waals surface area contributed by atoms with Crippen LogP contribution in [0.25, 0.3) is 32.7 Å². The molecule has 0 saturated heterocycles. The molecule has 1 aliphatic carbocycles. The second-order valence-electron chi connectivity index (χ2n) is 8.00. The van der Waals surface area contributed by atoms with Crippen LogP contribution in [-0.2, 0) is 4.79 Å². The Morgan fingerprint density at radius 1 is 0.867 bits per heavy atom. The summed E-state index contributed by atoms with van der Waals surface area (Å²) in [5.74, 6) is 1.10. The lowest BCUT2D eigenvalue weighted by Gasteiger charge is -2.19. The van der Waals surface area contributed by atoms with E-state index in [1.54, 1.807) is 7.11 Å². The van der Waals surface area contributed by atoms with Gasteiger partial charge in [0.05, 0.1) is 12.5 Å². The average molecular weight is 461 g/mol. The van der Waals surface area contributed by atoms with E-state index in [9.17, 15) is 4.79 Å². The number of hydrogen-bond donors (Lipinski definition) is 0. The molecular formula is C26H21BrO3. The van der Waals surface area contributed by atoms with Gasteiger partial charge in [0.25, 0.3) is 0 Å². The van der Waals surface area contributed by atoms with Gasteiger partial charge in [-0.1, -0.05) is 76.6 Å². The number of fused-ring (bicyclic) bond motifs is 2. The molecule has 0 N–H and O–H groups in total. The van der Waals surface area contributed by atoms with Crippen LogP contribution < -0.4 is 9.47 Å². The first kappa shape index (κ1) is 19.1. The molecule has 5 rings (SSSR count). The number of esters is 1. The van der Waals surface area contributed by atoms with E-state index >= 15 is 0 Å². The SMILES string of the molecule is COc1ccc2ccccc2c1-c1c(OC(=O)[C@@]2(C)C[C@@H]2Br)ccc2ccccc12. The van der Waals surface area contributed by atoms with Gasteiger partial charge in [0.15, 0.2) is 0 Å². The predicted octanol–water partition coefficient (Wildman–Crippen LogP) is 6.75. The Balaban J connectivity index is 1.80. The van der Waals surface area contributed by atoms with Crippen molar-refractivity contribution in [2.24, 2.45) is 5.41 Å². The second kappa shape index (κ2) is 7.13. The van der Waals surface area contributed by atoms with E-state index in [1.165, 1.54) is 0 Å². The molecule has 150 valence electrons. The van der Waals surface area contributed by atoms with Gasteiger partial charge in [-0.3, -0.25) is 4.79 Å². The molecule has 1 aliphatic rings. The fourth-order valence-electron chi connectivity index (χ4n) is 4.01. The summed E-state index contributed by atoms with van der Waals surface area (Å²) in [6.45, 7) is 1.94. The molecule has 30 heavy (non-hydrogen) atoms. The van der Waals surface area contributed by atoms with Crippen LogP contribution in [-0.4, -0.2) is 17.9 Å². The van der Waals surface area contributed by atoms with Gasteiger partial charge in [-0.05, 0) is 47.0 Å². The molecular weight excluding hydrogens is 440 g/mol. The standard InChI is InChI=1S/C26H21BrO3/c1-26(15-22(26)27)25(28)30-21-14-12-17-8-4-6-10-19(17)24(21)23-18-9-5-3-7-16(18)11-13-20(23)29-2/h3-14,22H,15H2,1-2H3/t22-,26-/m0/s1. The molecule has 0 radical (unpaired) electrons. The Bertz CT molecular complexity index is 1300. The quantitative estimate of drug-likeness (QED) is 0.192. The summed E-state index contributed by atoms with van der Waals surface area (Å²) >= 11 is 3.56. The lowest BCUT2D eigenvalue weighted by atomic mass is 9.92. The van der Waals surface area contributed by atoms with Crippen molar-refractivity contribution in [1.82, 2.24) is 0 Å². The Morgan fingerprint density at radius 2 is 1.37 bits per heavy atom. The van der Waals surface area contributed by atoms with Gasteiger partial charge >= 0.3 is 5.97 Å². The Labute approximate surface area is 183 Å². The predicted molar refractivity (Wildman–Crippen MR) is 125 cm³/mol. The summed E-state index contributed by atoms with van der Waals surface area (Å²) in [6, 6.07) is 24.3. The van der Waals surface area contributed by atoms with Crippen LogP contribution in [0.2, 0.25) is 0 Å². The largest absolute Gasteiger partial charge is 0.496 e. The Kier molecular flexibility index (Phi) is 4.55. The molecule has 1 fully saturated rings. The first-order chi connectivity index (χ1) is 14.5. The molecule has 4 aromatic rings. The molecule has 4 aromatic carbocycles. The van der Waals surface area contributed by atoms with Gasteiger partial charge in [-0.2, -0.15) is 0 Å². The normalized spacial score (nSPS) is 20.3. The summed E-state index contributed by atoms with van der Waals surface area (Å²) < 4.78 is 11.8. The second-order valence-corrected chi connectivity index (χ2v) is 9.11. The van der Waals surface area contributed by atoms with Crippen molar-refractivity contribution in [2.45, 2.75) is 18.2 Å². The van der Waals surface area contributed by atoms with Crippen molar-refractivity contribution in [3.8, 4) is 22.6 Å². The van der Waals surface area contributed by atoms with E-state index in [0.717, 1.165) is 44.8 Å². The molecule has 0 spiro atoms. The number of carbonyl (C=O) groups excluding carboxylic acids is 1. The highest BCUT2D eigenvalue weighted by Gasteiger charge is 2.56. The van der Waals surface area contributed by atoms with E-state index < -0.39 is 5.41 Å². The lowest BCUT2D eigenvalue weighted by Crippen LogP contribution is -2.21. The van der Waals surface area contributed by atoms with Crippen LogP contribution in [0.3, 0.4) is 0 Å². The number of ether oxygens (including phenoxy) is 2. The maximum Gasteiger partial charge on any atom is 0.318 e. The van der Waals surface area contributed by atoms with Crippen molar-refractivity contribution < 1.29 is 14.3 Å². The molecule has 2 atom stereocenters. The van der Waals surface area contributed by atoms with Gasteiger partial charge in [0, 0.05) is 16.0 Å². The maximum atomic E-state index is 13.0. The van der Waals surface area contributed by atoms with Crippen molar-refractivity contribution in [3.63, 3.8) is 0 Å². The highest BCUT2D eigenvalue weighted by atomic mass is 79.9. The zero-order valence-corrected chi connectivity index (χ0v) is 18.4. The van der Waals surface area contributed by atoms with Gasteiger partial charge in [-0.15, -0.1) is 0 Å². The van der Waals surface area contributed by atoms with Crippen LogP contribution in [0.4, 0.5) is 0 Å². The first-order valence-corrected chi connectivity index (χ1v) is 10.9. The van der Waals surface area contributed by atoms with E-state index in [1.807, 2.05) is 49.4 Å². The third-order valence-corrected chi connectivity index (χ3v) is 7.39. The molecule has 0 unspecified atom stereocenters. The Hall–Kier alpha value is -2.85. The van der Waals surface area contributed by atoms with Crippen molar-refractivity contribution in [3.05, 3.63) is 72.8 Å². The molecule has 0 heterocycles. The number of rotatable bonds is 4. The molecule has 0 aromatic heterocycles. The summed E-state index contributed by atoms with van der Waals surface area (Å²) in [5.41, 5.74) is 1.34. The van der Waals surface area contributed by atoms with Gasteiger partial charge < -0.3 is 9.47 Å². The minimum absolute atomic E-state index is 0.161. The van der Waals surface area contributed by atoms with E-state index in [0.29, 0.717) is 5.75 Å². The number of benzene rings is 4. The Morgan fingerprint density at radius 3 is 1.90 bits per heavy atom. The zero-order chi connectivity index (χ0) is 20.9. The monoisotopic (exact) mass is 460 g/mol. The highest BCUT2D eigenvalue weighted by molar-refractivity contribution is 9.09. The molecule has 4 heteroatoms. The minimum atomic E-state index is -0.480. The number of halogens is 1. The zero-order valence-electron chi connectivity index (χ0n) is 16.8. The van der Waals surface area contributed by atoms with Crippen molar-refractivity contribution >= 4 is 43.4 Å². The van der Waals surface area contributed by atoms with Crippen molar-refractivity contribution in [1.29, 1.82) is 0 Å². The first-order valence-electron chi connectivity index (χ1n) is 9.97. The van der Waals surface area contributed by atoms with Crippen LogP contribution >= 0.6 is 15.9 Å². The highest BCUT2D eigenvalue weighted by Crippen LogP contribution is 2.53. The summed E-state index contributed by atoms with van der Waals surface area (Å²) in [6.07, 6.45) is 0.784.